The molecule has 0 saturated heterocycles. The number of nitrogens with zero attached hydrogens (tertiary/aromatic N) is 2. The lowest BCUT2D eigenvalue weighted by atomic mass is 9.65. The summed E-state index contributed by atoms with van der Waals surface area (Å²) in [5, 5.41) is 0.730. The first-order valence-electron chi connectivity index (χ1n) is 10.7. The number of thioether (sulfide) groups is 1. The van der Waals surface area contributed by atoms with E-state index >= 15 is 0 Å². The Morgan fingerprint density at radius 2 is 1.71 bits per heavy atom. The Labute approximate surface area is 201 Å². The monoisotopic (exact) mass is 474 g/mol. The third-order valence-electron chi connectivity index (χ3n) is 6.20. The van der Waals surface area contributed by atoms with Crippen LogP contribution in [0, 0.1) is 0 Å². The zero-order chi connectivity index (χ0) is 22.8. The van der Waals surface area contributed by atoms with Gasteiger partial charge < -0.3 is 9.80 Å². The molecule has 0 saturated carbocycles. The molecule has 1 aliphatic heterocycles. The average Bonchev–Trinajstić information content (AvgIpc) is 2.73. The van der Waals surface area contributed by atoms with Gasteiger partial charge in [0.25, 0.3) is 0 Å². The van der Waals surface area contributed by atoms with Crippen molar-refractivity contribution in [3.05, 3.63) is 64.7 Å². The first-order valence-corrected chi connectivity index (χ1v) is 12.5. The highest BCUT2D eigenvalue weighted by Gasteiger charge is 2.47. The molecule has 0 spiro atoms. The highest BCUT2D eigenvalue weighted by atomic mass is 35.5. The van der Waals surface area contributed by atoms with Crippen LogP contribution in [0.25, 0.3) is 0 Å². The first-order chi connectivity index (χ1) is 14.6. The minimum Gasteiger partial charge on any atom is -0.358 e. The number of carbonyl (C=O) groups is 1. The number of fused-ring (bicyclic) bond motifs is 1. The molecule has 2 aromatic carbocycles. The van der Waals surface area contributed by atoms with Crippen molar-refractivity contribution in [3.8, 4) is 0 Å². The first kappa shape index (κ1) is 24.1. The van der Waals surface area contributed by atoms with Gasteiger partial charge in [-0.2, -0.15) is 0 Å². The Kier molecular flexibility index (Phi) is 7.39. The molecule has 0 N–H and O–H groups in total. The van der Waals surface area contributed by atoms with Crippen molar-refractivity contribution in [3.63, 3.8) is 0 Å². The predicted octanol–water partition coefficient (Wildman–Crippen LogP) is 6.52. The molecule has 31 heavy (non-hydrogen) atoms. The molecular formula is C25H31ClN2OS2. The molecule has 166 valence electrons. The summed E-state index contributed by atoms with van der Waals surface area (Å²) in [5.74, 6) is 0.431. The van der Waals surface area contributed by atoms with Crippen molar-refractivity contribution in [1.29, 1.82) is 0 Å². The molecule has 3 rings (SSSR count). The van der Waals surface area contributed by atoms with Crippen LogP contribution in [0.3, 0.4) is 0 Å². The van der Waals surface area contributed by atoms with Crippen molar-refractivity contribution in [2.24, 2.45) is 0 Å². The van der Waals surface area contributed by atoms with Gasteiger partial charge in [0.05, 0.1) is 5.75 Å². The molecule has 6 heteroatoms. The smallest absolute Gasteiger partial charge is 0.237 e. The van der Waals surface area contributed by atoms with Crippen LogP contribution >= 0.6 is 35.6 Å². The van der Waals surface area contributed by atoms with Crippen LogP contribution < -0.4 is 4.90 Å². The lowest BCUT2D eigenvalue weighted by molar-refractivity contribution is -0.117. The molecule has 0 aromatic heterocycles. The van der Waals surface area contributed by atoms with Gasteiger partial charge in [0.15, 0.2) is 0 Å². The molecular weight excluding hydrogens is 444 g/mol. The van der Waals surface area contributed by atoms with Crippen LogP contribution in [-0.2, 0) is 10.2 Å². The third kappa shape index (κ3) is 4.79. The Morgan fingerprint density at radius 1 is 1.10 bits per heavy atom. The molecule has 0 fully saturated rings. The maximum absolute atomic E-state index is 13.5. The zero-order valence-corrected chi connectivity index (χ0v) is 21.3. The van der Waals surface area contributed by atoms with E-state index in [2.05, 4.69) is 69.9 Å². The van der Waals surface area contributed by atoms with E-state index in [0.717, 1.165) is 34.5 Å². The summed E-state index contributed by atoms with van der Waals surface area (Å²) in [5.41, 5.74) is 2.79. The fourth-order valence-corrected chi connectivity index (χ4v) is 6.19. The summed E-state index contributed by atoms with van der Waals surface area (Å²) < 4.78 is 0.785. The maximum Gasteiger partial charge on any atom is 0.237 e. The highest BCUT2D eigenvalue weighted by molar-refractivity contribution is 8.23. The summed E-state index contributed by atoms with van der Waals surface area (Å²) in [6, 6.07) is 16.4. The Bertz CT molecular complexity index is 956. The third-order valence-corrected chi connectivity index (χ3v) is 7.96. The molecule has 0 unspecified atom stereocenters. The number of hydrogen-bond acceptors (Lipinski definition) is 3. The number of rotatable bonds is 5. The number of hydrogen-bond donors (Lipinski definition) is 0. The van der Waals surface area contributed by atoms with E-state index in [9.17, 15) is 4.79 Å². The van der Waals surface area contributed by atoms with Gasteiger partial charge >= 0.3 is 0 Å². The number of amides is 1. The van der Waals surface area contributed by atoms with E-state index in [-0.39, 0.29) is 16.9 Å². The lowest BCUT2D eigenvalue weighted by Crippen LogP contribution is -2.56. The zero-order valence-electron chi connectivity index (χ0n) is 18.9. The van der Waals surface area contributed by atoms with Crippen LogP contribution in [0.4, 0.5) is 5.69 Å². The van der Waals surface area contributed by atoms with Crippen LogP contribution in [0.15, 0.2) is 48.5 Å². The molecule has 0 aliphatic carbocycles. The average molecular weight is 475 g/mol. The summed E-state index contributed by atoms with van der Waals surface area (Å²) >= 11 is 13.2. The van der Waals surface area contributed by atoms with Crippen LogP contribution in [0.5, 0.6) is 0 Å². The summed E-state index contributed by atoms with van der Waals surface area (Å²) in [4.78, 5) is 17.6. The SMILES string of the molecule is CCN(CC)C(=S)SCC(=O)N1c2ccccc2[C@](C)(c2ccc(Cl)cc2)CC1(C)C. The Hall–Kier alpha value is -1.56. The topological polar surface area (TPSA) is 23.6 Å². The molecule has 1 atom stereocenters. The Balaban J connectivity index is 1.96. The quantitative estimate of drug-likeness (QED) is 0.460. The predicted molar refractivity (Wildman–Crippen MR) is 139 cm³/mol. The minimum atomic E-state index is -0.350. The number of benzene rings is 2. The second-order valence-corrected chi connectivity index (χ2v) is 10.8. The van der Waals surface area contributed by atoms with Gasteiger partial charge in [-0.3, -0.25) is 4.79 Å². The second-order valence-electron chi connectivity index (χ2n) is 8.80. The number of anilines is 1. The fraction of sp³-hybridized carbons (Fsp3) is 0.440. The van der Waals surface area contributed by atoms with Gasteiger partial charge in [0.2, 0.25) is 5.91 Å². The van der Waals surface area contributed by atoms with Gasteiger partial charge in [0, 0.05) is 34.8 Å². The van der Waals surface area contributed by atoms with Gasteiger partial charge in [-0.05, 0) is 63.4 Å². The molecule has 0 bridgehead atoms. The summed E-state index contributed by atoms with van der Waals surface area (Å²) in [7, 11) is 0. The van der Waals surface area contributed by atoms with E-state index in [4.69, 9.17) is 23.8 Å². The number of carbonyl (C=O) groups excluding carboxylic acids is 1. The number of para-hydroxylation sites is 1. The highest BCUT2D eigenvalue weighted by Crippen LogP contribution is 2.50. The lowest BCUT2D eigenvalue weighted by Gasteiger charge is -2.51. The van der Waals surface area contributed by atoms with Crippen LogP contribution in [0.2, 0.25) is 5.02 Å². The van der Waals surface area contributed by atoms with E-state index < -0.39 is 0 Å². The van der Waals surface area contributed by atoms with Crippen molar-refractivity contribution in [2.75, 3.05) is 23.7 Å². The van der Waals surface area contributed by atoms with E-state index in [1.807, 2.05) is 23.1 Å². The molecule has 1 amide bonds. The van der Waals surface area contributed by atoms with Crippen molar-refractivity contribution < 1.29 is 4.79 Å². The van der Waals surface area contributed by atoms with Crippen molar-refractivity contribution in [1.82, 2.24) is 4.90 Å². The summed E-state index contributed by atoms with van der Waals surface area (Å²) in [6.45, 7) is 12.5. The van der Waals surface area contributed by atoms with Gasteiger partial charge in [0.1, 0.15) is 4.32 Å². The minimum absolute atomic E-state index is 0.0927. The van der Waals surface area contributed by atoms with Gasteiger partial charge in [-0.15, -0.1) is 0 Å². The molecule has 1 aliphatic rings. The maximum atomic E-state index is 13.5. The summed E-state index contributed by atoms with van der Waals surface area (Å²) in [6.07, 6.45) is 0.815. The molecule has 1 heterocycles. The largest absolute Gasteiger partial charge is 0.358 e. The number of thiocarbonyl (C=S) groups is 1. The van der Waals surface area contributed by atoms with Crippen LogP contribution in [0.1, 0.15) is 52.2 Å². The normalized spacial score (nSPS) is 19.6. The van der Waals surface area contributed by atoms with Gasteiger partial charge in [-0.1, -0.05) is 72.8 Å². The standard InChI is InChI=1S/C25H31ClN2OS2/c1-6-27(7-2)23(30)31-16-22(29)28-21-11-9-8-10-20(21)25(5,17-24(28,3)4)18-12-14-19(26)15-13-18/h8-15H,6-7,16-17H2,1-5H3/t25-/m0/s1. The van der Waals surface area contributed by atoms with Gasteiger partial charge in [-0.25, -0.2) is 0 Å². The molecule has 0 radical (unpaired) electrons. The van der Waals surface area contributed by atoms with Crippen LogP contribution in [-0.4, -0.2) is 39.5 Å². The Morgan fingerprint density at radius 3 is 2.32 bits per heavy atom. The van der Waals surface area contributed by atoms with E-state index in [1.165, 1.54) is 22.9 Å². The molecule has 2 aromatic rings. The van der Waals surface area contributed by atoms with E-state index in [1.54, 1.807) is 0 Å². The molecule has 3 nitrogen and oxygen atoms in total. The van der Waals surface area contributed by atoms with E-state index in [0.29, 0.717) is 5.75 Å². The number of halogens is 1. The van der Waals surface area contributed by atoms with Crippen molar-refractivity contribution >= 4 is 51.5 Å². The van der Waals surface area contributed by atoms with Crippen molar-refractivity contribution in [2.45, 2.75) is 52.0 Å². The second kappa shape index (κ2) is 9.51. The fourth-order valence-electron chi connectivity index (χ4n) is 4.81.